The van der Waals surface area contributed by atoms with Gasteiger partial charge < -0.3 is 5.32 Å². The molecule has 0 fully saturated rings. The van der Waals surface area contributed by atoms with Crippen LogP contribution < -0.4 is 5.32 Å². The highest BCUT2D eigenvalue weighted by Gasteiger charge is 2.25. The molecule has 0 spiro atoms. The van der Waals surface area contributed by atoms with E-state index in [-0.39, 0.29) is 28.9 Å². The van der Waals surface area contributed by atoms with E-state index in [1.54, 1.807) is 17.8 Å². The predicted molar refractivity (Wildman–Crippen MR) is 87.9 cm³/mol. The molecule has 0 saturated heterocycles. The smallest absolute Gasteiger partial charge is 0.299 e. The summed E-state index contributed by atoms with van der Waals surface area (Å²) < 4.78 is 13.5. The van der Waals surface area contributed by atoms with Crippen LogP contribution in [0.4, 0.5) is 21.5 Å². The zero-order valence-electron chi connectivity index (χ0n) is 12.3. The number of rotatable bonds is 4. The molecule has 0 amide bonds. The summed E-state index contributed by atoms with van der Waals surface area (Å²) in [6.45, 7) is 0. The van der Waals surface area contributed by atoms with E-state index in [1.807, 2.05) is 0 Å². The van der Waals surface area contributed by atoms with E-state index in [0.717, 1.165) is 22.3 Å². The number of nitrogens with one attached hydrogen (secondary N) is 1. The molecule has 7 nitrogen and oxygen atoms in total. The van der Waals surface area contributed by atoms with E-state index in [9.17, 15) is 24.6 Å². The molecule has 0 bridgehead atoms. The lowest BCUT2D eigenvalue weighted by atomic mass is 10.0. The Morgan fingerprint density at radius 1 is 1.12 bits per heavy atom. The van der Waals surface area contributed by atoms with Crippen molar-refractivity contribution in [1.29, 1.82) is 0 Å². The van der Waals surface area contributed by atoms with Gasteiger partial charge in [0, 0.05) is 16.7 Å². The number of anilines is 1. The summed E-state index contributed by atoms with van der Waals surface area (Å²) in [6.07, 6.45) is 0.662. The van der Waals surface area contributed by atoms with E-state index < -0.39 is 9.85 Å². The van der Waals surface area contributed by atoms with Crippen LogP contribution in [-0.2, 0) is 0 Å². The summed E-state index contributed by atoms with van der Waals surface area (Å²) in [6, 6.07) is 7.63. The Morgan fingerprint density at radius 2 is 1.92 bits per heavy atom. The highest BCUT2D eigenvalue weighted by atomic mass is 32.2. The maximum Gasteiger partial charge on any atom is 0.299 e. The molecule has 24 heavy (non-hydrogen) atoms. The fourth-order valence-corrected chi connectivity index (χ4v) is 3.72. The van der Waals surface area contributed by atoms with E-state index >= 15 is 0 Å². The summed E-state index contributed by atoms with van der Waals surface area (Å²) >= 11 is 1.60. The van der Waals surface area contributed by atoms with Crippen LogP contribution in [0.15, 0.2) is 41.3 Å². The summed E-state index contributed by atoms with van der Waals surface area (Å²) in [4.78, 5) is 21.6. The van der Waals surface area contributed by atoms with Crippen molar-refractivity contribution in [3.63, 3.8) is 0 Å². The molecule has 124 valence electrons. The van der Waals surface area contributed by atoms with Crippen molar-refractivity contribution in [3.8, 4) is 0 Å². The Labute approximate surface area is 140 Å². The Morgan fingerprint density at radius 3 is 2.62 bits per heavy atom. The molecule has 0 saturated carbocycles. The van der Waals surface area contributed by atoms with Gasteiger partial charge in [-0.3, -0.25) is 20.2 Å². The first-order valence-electron chi connectivity index (χ1n) is 7.07. The van der Waals surface area contributed by atoms with E-state index in [0.29, 0.717) is 6.42 Å². The third-order valence-corrected chi connectivity index (χ3v) is 4.85. The minimum absolute atomic E-state index is 0.178. The molecule has 1 aliphatic heterocycles. The molecule has 0 radical (unpaired) electrons. The van der Waals surface area contributed by atoms with Crippen molar-refractivity contribution in [2.75, 3.05) is 11.1 Å². The Balaban J connectivity index is 1.96. The van der Waals surface area contributed by atoms with Crippen LogP contribution in [0.25, 0.3) is 0 Å². The number of benzene rings is 2. The maximum atomic E-state index is 13.5. The molecule has 2 aromatic carbocycles. The first-order chi connectivity index (χ1) is 11.5. The second kappa shape index (κ2) is 6.44. The summed E-state index contributed by atoms with van der Waals surface area (Å²) in [7, 11) is 0. The average molecular weight is 349 g/mol. The van der Waals surface area contributed by atoms with Gasteiger partial charge in [-0.05, 0) is 36.2 Å². The fraction of sp³-hybridized carbons (Fsp3) is 0.200. The quantitative estimate of drug-likeness (QED) is 0.653. The third kappa shape index (κ3) is 3.16. The van der Waals surface area contributed by atoms with Crippen molar-refractivity contribution in [2.45, 2.75) is 17.4 Å². The highest BCUT2D eigenvalue weighted by molar-refractivity contribution is 7.99. The van der Waals surface area contributed by atoms with Crippen molar-refractivity contribution >= 4 is 28.8 Å². The van der Waals surface area contributed by atoms with Crippen LogP contribution >= 0.6 is 11.8 Å². The van der Waals surface area contributed by atoms with Gasteiger partial charge in [-0.15, -0.1) is 11.8 Å². The van der Waals surface area contributed by atoms with Crippen molar-refractivity contribution in [1.82, 2.24) is 0 Å². The van der Waals surface area contributed by atoms with E-state index in [1.165, 1.54) is 24.3 Å². The van der Waals surface area contributed by atoms with Gasteiger partial charge in [-0.1, -0.05) is 0 Å². The zero-order valence-corrected chi connectivity index (χ0v) is 13.1. The lowest BCUT2D eigenvalue weighted by Gasteiger charge is -2.26. The zero-order chi connectivity index (χ0) is 17.3. The summed E-state index contributed by atoms with van der Waals surface area (Å²) in [5, 5.41) is 25.0. The second-order valence-corrected chi connectivity index (χ2v) is 6.37. The number of hydrogen-bond acceptors (Lipinski definition) is 6. The molecular weight excluding hydrogens is 337 g/mol. The van der Waals surface area contributed by atoms with Gasteiger partial charge in [0.25, 0.3) is 11.4 Å². The van der Waals surface area contributed by atoms with Gasteiger partial charge in [-0.25, -0.2) is 4.39 Å². The van der Waals surface area contributed by atoms with Gasteiger partial charge in [0.15, 0.2) is 0 Å². The lowest BCUT2D eigenvalue weighted by Crippen LogP contribution is -2.17. The number of nitro groups is 2. The third-order valence-electron chi connectivity index (χ3n) is 3.73. The number of hydrogen-bond donors (Lipinski definition) is 1. The number of nitro benzene ring substituents is 2. The van der Waals surface area contributed by atoms with Crippen LogP contribution in [-0.4, -0.2) is 15.6 Å². The van der Waals surface area contributed by atoms with Crippen molar-refractivity contribution in [3.05, 3.63) is 68.0 Å². The van der Waals surface area contributed by atoms with Crippen LogP contribution in [0.2, 0.25) is 0 Å². The van der Waals surface area contributed by atoms with Crippen LogP contribution in [0.5, 0.6) is 0 Å². The number of halogens is 1. The van der Waals surface area contributed by atoms with Gasteiger partial charge in [-0.2, -0.15) is 0 Å². The van der Waals surface area contributed by atoms with E-state index in [4.69, 9.17) is 0 Å². The summed E-state index contributed by atoms with van der Waals surface area (Å²) in [5.41, 5.74) is 0.190. The SMILES string of the molecule is O=[N+]([O-])c1ccc(NC2CCSc3ccc(F)cc32)c([N+](=O)[O-])c1. The number of nitrogens with zero attached hydrogens (tertiary/aromatic N) is 2. The maximum absolute atomic E-state index is 13.5. The monoisotopic (exact) mass is 349 g/mol. The lowest BCUT2D eigenvalue weighted by molar-refractivity contribution is -0.393. The van der Waals surface area contributed by atoms with E-state index in [2.05, 4.69) is 5.32 Å². The number of non-ortho nitro benzene ring substituents is 1. The Kier molecular flexibility index (Phi) is 4.34. The van der Waals surface area contributed by atoms with Crippen molar-refractivity contribution in [2.24, 2.45) is 0 Å². The molecular formula is C15H12FN3O4S. The molecule has 0 aliphatic carbocycles. The topological polar surface area (TPSA) is 98.3 Å². The minimum Gasteiger partial charge on any atom is -0.373 e. The van der Waals surface area contributed by atoms with Gasteiger partial charge in [0.05, 0.1) is 22.0 Å². The predicted octanol–water partition coefficient (Wildman–Crippen LogP) is 4.29. The van der Waals surface area contributed by atoms with Gasteiger partial charge in [0.1, 0.15) is 11.5 Å². The molecule has 2 aromatic rings. The van der Waals surface area contributed by atoms with Crippen molar-refractivity contribution < 1.29 is 14.2 Å². The van der Waals surface area contributed by atoms with Gasteiger partial charge >= 0.3 is 0 Å². The molecule has 1 atom stereocenters. The number of fused-ring (bicyclic) bond motifs is 1. The first kappa shape index (κ1) is 16.2. The normalized spacial score (nSPS) is 16.3. The Hall–Kier alpha value is -2.68. The van der Waals surface area contributed by atoms with Gasteiger partial charge in [0.2, 0.25) is 0 Å². The molecule has 9 heteroatoms. The highest BCUT2D eigenvalue weighted by Crippen LogP contribution is 2.40. The van der Waals surface area contributed by atoms with Crippen LogP contribution in [0, 0.1) is 26.0 Å². The Bertz CT molecular complexity index is 830. The molecule has 1 unspecified atom stereocenters. The largest absolute Gasteiger partial charge is 0.373 e. The van der Waals surface area contributed by atoms with Crippen LogP contribution in [0.1, 0.15) is 18.0 Å². The molecule has 0 aromatic heterocycles. The second-order valence-electron chi connectivity index (χ2n) is 5.23. The fourth-order valence-electron chi connectivity index (χ4n) is 2.61. The molecule has 1 N–H and O–H groups in total. The molecule has 1 heterocycles. The standard InChI is InChI=1S/C15H12FN3O4S/c16-9-1-4-15-11(7-9)12(5-6-24-15)17-13-3-2-10(18(20)21)8-14(13)19(22)23/h1-4,7-8,12,17H,5-6H2. The molecule has 3 rings (SSSR count). The number of thioether (sulfide) groups is 1. The average Bonchev–Trinajstić information content (AvgIpc) is 2.55. The molecule has 1 aliphatic rings. The van der Waals surface area contributed by atoms with Crippen LogP contribution in [0.3, 0.4) is 0 Å². The minimum atomic E-state index is -0.682. The summed E-state index contributed by atoms with van der Waals surface area (Å²) in [5.74, 6) is 0.415. The first-order valence-corrected chi connectivity index (χ1v) is 8.06.